The molecule has 0 bridgehead atoms. The standard InChI is InChI=1S/C16H32N2O2/c1-7-17-16(6,14(19)20-8-2)11-13(3)18-10-9-15(4,5)12-18/h13,17H,7-12H2,1-6H3. The van der Waals surface area contributed by atoms with Crippen LogP contribution in [0.2, 0.25) is 0 Å². The first kappa shape index (κ1) is 17.4. The molecule has 20 heavy (non-hydrogen) atoms. The number of rotatable bonds is 7. The molecule has 0 aromatic heterocycles. The molecular weight excluding hydrogens is 252 g/mol. The molecular formula is C16H32N2O2. The van der Waals surface area contributed by atoms with Gasteiger partial charge in [0.05, 0.1) is 6.61 Å². The molecule has 1 heterocycles. The lowest BCUT2D eigenvalue weighted by Gasteiger charge is -2.35. The summed E-state index contributed by atoms with van der Waals surface area (Å²) in [6.45, 7) is 16.1. The van der Waals surface area contributed by atoms with Gasteiger partial charge in [-0.2, -0.15) is 0 Å². The van der Waals surface area contributed by atoms with Gasteiger partial charge in [0, 0.05) is 12.6 Å². The second-order valence-corrected chi connectivity index (χ2v) is 7.02. The summed E-state index contributed by atoms with van der Waals surface area (Å²) in [6, 6.07) is 0.380. The molecule has 0 aromatic carbocycles. The van der Waals surface area contributed by atoms with Gasteiger partial charge in [0.15, 0.2) is 0 Å². The number of hydrogen-bond donors (Lipinski definition) is 1. The average molecular weight is 284 g/mol. The summed E-state index contributed by atoms with van der Waals surface area (Å²) < 4.78 is 5.24. The number of likely N-dealkylation sites (N-methyl/N-ethyl adjacent to an activating group) is 1. The summed E-state index contributed by atoms with van der Waals surface area (Å²) in [4.78, 5) is 14.7. The van der Waals surface area contributed by atoms with Gasteiger partial charge in [0.1, 0.15) is 5.54 Å². The van der Waals surface area contributed by atoms with Gasteiger partial charge in [-0.1, -0.05) is 20.8 Å². The van der Waals surface area contributed by atoms with Crippen molar-refractivity contribution in [2.24, 2.45) is 5.41 Å². The molecule has 2 atom stereocenters. The number of esters is 1. The molecule has 118 valence electrons. The molecule has 4 nitrogen and oxygen atoms in total. The van der Waals surface area contributed by atoms with Crippen LogP contribution in [0.3, 0.4) is 0 Å². The van der Waals surface area contributed by atoms with Crippen LogP contribution in [0.5, 0.6) is 0 Å². The minimum atomic E-state index is -0.586. The van der Waals surface area contributed by atoms with E-state index in [1.54, 1.807) is 0 Å². The highest BCUT2D eigenvalue weighted by molar-refractivity contribution is 5.80. The molecule has 1 N–H and O–H groups in total. The third-order valence-electron chi connectivity index (χ3n) is 4.33. The molecule has 4 heteroatoms. The Labute approximate surface area is 124 Å². The van der Waals surface area contributed by atoms with Crippen molar-refractivity contribution in [3.05, 3.63) is 0 Å². The van der Waals surface area contributed by atoms with Gasteiger partial charge in [-0.25, -0.2) is 0 Å². The Bertz CT molecular complexity index is 330. The minimum Gasteiger partial charge on any atom is -0.465 e. The highest BCUT2D eigenvalue weighted by Gasteiger charge is 2.39. The van der Waals surface area contributed by atoms with Crippen LogP contribution in [-0.2, 0) is 9.53 Å². The van der Waals surface area contributed by atoms with Crippen LogP contribution in [0, 0.1) is 5.41 Å². The van der Waals surface area contributed by atoms with Crippen LogP contribution >= 0.6 is 0 Å². The Hall–Kier alpha value is -0.610. The third-order valence-corrected chi connectivity index (χ3v) is 4.33. The van der Waals surface area contributed by atoms with Gasteiger partial charge in [-0.05, 0) is 52.1 Å². The van der Waals surface area contributed by atoms with Crippen LogP contribution < -0.4 is 5.32 Å². The largest absolute Gasteiger partial charge is 0.465 e. The number of ether oxygens (including phenoxy) is 1. The van der Waals surface area contributed by atoms with Crippen LogP contribution in [0.1, 0.15) is 54.4 Å². The zero-order valence-electron chi connectivity index (χ0n) is 14.1. The molecule has 0 aliphatic carbocycles. The summed E-state index contributed by atoms with van der Waals surface area (Å²) >= 11 is 0. The second kappa shape index (κ2) is 6.90. The lowest BCUT2D eigenvalue weighted by molar-refractivity contribution is -0.151. The van der Waals surface area contributed by atoms with Crippen molar-refractivity contribution < 1.29 is 9.53 Å². The van der Waals surface area contributed by atoms with E-state index in [0.717, 1.165) is 26.1 Å². The van der Waals surface area contributed by atoms with E-state index in [0.29, 0.717) is 18.1 Å². The average Bonchev–Trinajstić information content (AvgIpc) is 2.70. The lowest BCUT2D eigenvalue weighted by Crippen LogP contribution is -2.54. The van der Waals surface area contributed by atoms with Crippen LogP contribution in [-0.4, -0.2) is 48.7 Å². The molecule has 0 radical (unpaired) electrons. The first-order chi connectivity index (χ1) is 9.24. The van der Waals surface area contributed by atoms with Crippen molar-refractivity contribution in [1.82, 2.24) is 10.2 Å². The molecule has 0 saturated carbocycles. The normalized spacial score (nSPS) is 23.3. The fourth-order valence-corrected chi connectivity index (χ4v) is 3.16. The zero-order chi connectivity index (χ0) is 15.4. The number of likely N-dealkylation sites (tertiary alicyclic amines) is 1. The monoisotopic (exact) mass is 284 g/mol. The molecule has 1 aliphatic rings. The third kappa shape index (κ3) is 4.45. The quantitative estimate of drug-likeness (QED) is 0.729. The number of carbonyl (C=O) groups excluding carboxylic acids is 1. The fourth-order valence-electron chi connectivity index (χ4n) is 3.16. The highest BCUT2D eigenvalue weighted by atomic mass is 16.5. The topological polar surface area (TPSA) is 41.6 Å². The molecule has 2 unspecified atom stereocenters. The van der Waals surface area contributed by atoms with Crippen molar-refractivity contribution in [3.63, 3.8) is 0 Å². The summed E-state index contributed by atoms with van der Waals surface area (Å²) in [5.74, 6) is -0.132. The Morgan fingerprint density at radius 2 is 2.10 bits per heavy atom. The van der Waals surface area contributed by atoms with E-state index in [2.05, 4.69) is 31.0 Å². The highest BCUT2D eigenvalue weighted by Crippen LogP contribution is 2.31. The number of carbonyl (C=O) groups is 1. The van der Waals surface area contributed by atoms with Crippen molar-refractivity contribution in [2.75, 3.05) is 26.2 Å². The first-order valence-corrected chi connectivity index (χ1v) is 7.90. The van der Waals surface area contributed by atoms with Crippen LogP contribution in [0.15, 0.2) is 0 Å². The summed E-state index contributed by atoms with van der Waals surface area (Å²) in [5, 5.41) is 3.32. The maximum atomic E-state index is 12.2. The van der Waals surface area contributed by atoms with E-state index in [4.69, 9.17) is 4.74 Å². The minimum absolute atomic E-state index is 0.132. The van der Waals surface area contributed by atoms with Crippen molar-refractivity contribution in [3.8, 4) is 0 Å². The van der Waals surface area contributed by atoms with E-state index < -0.39 is 5.54 Å². The number of hydrogen-bond acceptors (Lipinski definition) is 4. The summed E-state index contributed by atoms with van der Waals surface area (Å²) in [5.41, 5.74) is -0.191. The molecule has 1 saturated heterocycles. The van der Waals surface area contributed by atoms with E-state index in [1.807, 2.05) is 20.8 Å². The lowest BCUT2D eigenvalue weighted by atomic mass is 9.91. The smallest absolute Gasteiger partial charge is 0.326 e. The molecule has 0 spiro atoms. The maximum absolute atomic E-state index is 12.2. The van der Waals surface area contributed by atoms with Gasteiger partial charge in [-0.15, -0.1) is 0 Å². The van der Waals surface area contributed by atoms with Crippen LogP contribution in [0.4, 0.5) is 0 Å². The van der Waals surface area contributed by atoms with Gasteiger partial charge < -0.3 is 15.0 Å². The maximum Gasteiger partial charge on any atom is 0.326 e. The van der Waals surface area contributed by atoms with E-state index in [1.165, 1.54) is 6.42 Å². The number of nitrogens with one attached hydrogen (secondary N) is 1. The predicted molar refractivity (Wildman–Crippen MR) is 82.8 cm³/mol. The Balaban J connectivity index is 2.67. The van der Waals surface area contributed by atoms with Gasteiger partial charge >= 0.3 is 5.97 Å². The van der Waals surface area contributed by atoms with E-state index in [-0.39, 0.29) is 5.97 Å². The fraction of sp³-hybridized carbons (Fsp3) is 0.938. The SMILES string of the molecule is CCNC(C)(CC(C)N1CCC(C)(C)C1)C(=O)OCC. The van der Waals surface area contributed by atoms with Crippen molar-refractivity contribution in [1.29, 1.82) is 0 Å². The molecule has 0 aromatic rings. The van der Waals surface area contributed by atoms with Gasteiger partial charge in [-0.3, -0.25) is 4.79 Å². The molecule has 0 amide bonds. The number of nitrogens with zero attached hydrogens (tertiary/aromatic N) is 1. The molecule has 1 aliphatic heterocycles. The van der Waals surface area contributed by atoms with Gasteiger partial charge in [0.25, 0.3) is 0 Å². The predicted octanol–water partition coefficient (Wildman–Crippen LogP) is 2.43. The summed E-state index contributed by atoms with van der Waals surface area (Å²) in [6.07, 6.45) is 2.02. The van der Waals surface area contributed by atoms with E-state index in [9.17, 15) is 4.79 Å². The Kier molecular flexibility index (Phi) is 6.02. The van der Waals surface area contributed by atoms with E-state index >= 15 is 0 Å². The molecule has 1 fully saturated rings. The van der Waals surface area contributed by atoms with Gasteiger partial charge in [0.2, 0.25) is 0 Å². The Morgan fingerprint density at radius 1 is 1.45 bits per heavy atom. The second-order valence-electron chi connectivity index (χ2n) is 7.02. The first-order valence-electron chi connectivity index (χ1n) is 7.90. The zero-order valence-corrected chi connectivity index (χ0v) is 14.1. The summed E-state index contributed by atoms with van der Waals surface area (Å²) in [7, 11) is 0. The van der Waals surface area contributed by atoms with Crippen LogP contribution in [0.25, 0.3) is 0 Å². The van der Waals surface area contributed by atoms with Crippen molar-refractivity contribution in [2.45, 2.75) is 66.0 Å². The molecule has 1 rings (SSSR count). The Morgan fingerprint density at radius 3 is 2.55 bits per heavy atom. The van der Waals surface area contributed by atoms with Crippen molar-refractivity contribution >= 4 is 5.97 Å².